The molecule has 1 aliphatic rings. The molecule has 0 radical (unpaired) electrons. The molecular weight excluding hydrogens is 343 g/mol. The van der Waals surface area contributed by atoms with Gasteiger partial charge < -0.3 is 0 Å². The van der Waals surface area contributed by atoms with Crippen LogP contribution in [0.4, 0.5) is 18.9 Å². The highest BCUT2D eigenvalue weighted by Gasteiger charge is 2.26. The summed E-state index contributed by atoms with van der Waals surface area (Å²) in [5.41, 5.74) is 5.60. The molecule has 1 heterocycles. The van der Waals surface area contributed by atoms with Gasteiger partial charge in [-0.3, -0.25) is 20.5 Å². The molecular formula is C19H20F3N3O. The Kier molecular flexibility index (Phi) is 5.78. The number of hydrazine groups is 1. The molecule has 0 aliphatic carbocycles. The fraction of sp³-hybridized carbons (Fsp3) is 0.316. The molecule has 2 aromatic rings. The molecule has 1 amide bonds. The first kappa shape index (κ1) is 18.3. The van der Waals surface area contributed by atoms with Gasteiger partial charge in [-0.1, -0.05) is 30.3 Å². The second-order valence-electron chi connectivity index (χ2n) is 6.40. The summed E-state index contributed by atoms with van der Waals surface area (Å²) >= 11 is 0. The number of benzene rings is 2. The molecule has 0 spiro atoms. The molecule has 138 valence electrons. The van der Waals surface area contributed by atoms with Gasteiger partial charge >= 0.3 is 0 Å². The third-order valence-corrected chi connectivity index (χ3v) is 4.48. The molecule has 0 aromatic heterocycles. The van der Waals surface area contributed by atoms with Gasteiger partial charge in [-0.15, -0.1) is 0 Å². The number of hydrogen-bond donors (Lipinski definition) is 2. The van der Waals surface area contributed by atoms with E-state index in [0.717, 1.165) is 38.1 Å². The van der Waals surface area contributed by atoms with E-state index in [2.05, 4.69) is 15.8 Å². The zero-order valence-corrected chi connectivity index (χ0v) is 14.1. The van der Waals surface area contributed by atoms with Gasteiger partial charge in [0, 0.05) is 13.1 Å². The van der Waals surface area contributed by atoms with Gasteiger partial charge in [0.2, 0.25) is 5.91 Å². The second-order valence-corrected chi connectivity index (χ2v) is 6.40. The molecule has 3 rings (SSSR count). The summed E-state index contributed by atoms with van der Waals surface area (Å²) < 4.78 is 39.8. The van der Waals surface area contributed by atoms with E-state index in [0.29, 0.717) is 6.54 Å². The lowest BCUT2D eigenvalue weighted by molar-refractivity contribution is -0.126. The maximum Gasteiger partial charge on any atom is 0.242 e. The highest BCUT2D eigenvalue weighted by Crippen LogP contribution is 2.21. The number of carbonyl (C=O) groups excluding carboxylic acids is 1. The van der Waals surface area contributed by atoms with E-state index < -0.39 is 17.5 Å². The number of amides is 1. The van der Waals surface area contributed by atoms with Gasteiger partial charge in [0.05, 0.1) is 11.6 Å². The van der Waals surface area contributed by atoms with E-state index in [9.17, 15) is 18.0 Å². The Balaban J connectivity index is 1.55. The first-order valence-electron chi connectivity index (χ1n) is 8.50. The van der Waals surface area contributed by atoms with Crippen molar-refractivity contribution in [1.82, 2.24) is 10.3 Å². The summed E-state index contributed by atoms with van der Waals surface area (Å²) in [7, 11) is 0. The number of halogens is 3. The topological polar surface area (TPSA) is 44.4 Å². The molecule has 1 unspecified atom stereocenters. The summed E-state index contributed by atoms with van der Waals surface area (Å²) in [6, 6.07) is 11.8. The number of likely N-dealkylation sites (tertiary alicyclic amines) is 1. The van der Waals surface area contributed by atoms with Crippen LogP contribution in [-0.4, -0.2) is 23.9 Å². The van der Waals surface area contributed by atoms with Crippen LogP contribution in [0.2, 0.25) is 0 Å². The molecule has 7 heteroatoms. The minimum atomic E-state index is -1.57. The Bertz CT molecular complexity index is 770. The minimum absolute atomic E-state index is 0.256. The van der Waals surface area contributed by atoms with Gasteiger partial charge in [-0.05, 0) is 37.1 Å². The monoisotopic (exact) mass is 363 g/mol. The highest BCUT2D eigenvalue weighted by atomic mass is 19.2. The molecule has 26 heavy (non-hydrogen) atoms. The van der Waals surface area contributed by atoms with E-state index >= 15 is 0 Å². The molecule has 0 bridgehead atoms. The van der Waals surface area contributed by atoms with Crippen molar-refractivity contribution in [2.45, 2.75) is 19.4 Å². The largest absolute Gasteiger partial charge is 0.298 e. The van der Waals surface area contributed by atoms with E-state index in [1.54, 1.807) is 0 Å². The lowest BCUT2D eigenvalue weighted by Crippen LogP contribution is -2.44. The van der Waals surface area contributed by atoms with E-state index in [-0.39, 0.29) is 17.5 Å². The van der Waals surface area contributed by atoms with Crippen molar-refractivity contribution < 1.29 is 18.0 Å². The molecule has 0 saturated carbocycles. The summed E-state index contributed by atoms with van der Waals surface area (Å²) in [4.78, 5) is 14.5. The Labute approximate surface area is 150 Å². The van der Waals surface area contributed by atoms with E-state index in [4.69, 9.17) is 0 Å². The fourth-order valence-electron chi connectivity index (χ4n) is 3.11. The summed E-state index contributed by atoms with van der Waals surface area (Å²) in [6.07, 6.45) is 1.60. The van der Waals surface area contributed by atoms with Crippen molar-refractivity contribution in [1.29, 1.82) is 0 Å². The number of nitrogens with one attached hydrogen (secondary N) is 2. The average molecular weight is 363 g/mol. The zero-order valence-electron chi connectivity index (χ0n) is 14.1. The van der Waals surface area contributed by atoms with Crippen molar-refractivity contribution in [3.05, 3.63) is 65.5 Å². The summed E-state index contributed by atoms with van der Waals surface area (Å²) in [6.45, 7) is 2.25. The predicted octanol–water partition coefficient (Wildman–Crippen LogP) is 3.46. The van der Waals surface area contributed by atoms with Gasteiger partial charge in [-0.2, -0.15) is 0 Å². The van der Waals surface area contributed by atoms with Crippen molar-refractivity contribution in [2.24, 2.45) is 5.92 Å². The van der Waals surface area contributed by atoms with Gasteiger partial charge in [0.25, 0.3) is 0 Å². The van der Waals surface area contributed by atoms with Crippen molar-refractivity contribution in [3.8, 4) is 0 Å². The maximum atomic E-state index is 13.6. The first-order valence-corrected chi connectivity index (χ1v) is 8.50. The van der Waals surface area contributed by atoms with Crippen LogP contribution in [0.1, 0.15) is 18.4 Å². The molecule has 2 N–H and O–H groups in total. The van der Waals surface area contributed by atoms with Crippen molar-refractivity contribution in [2.75, 3.05) is 18.5 Å². The molecule has 1 saturated heterocycles. The van der Waals surface area contributed by atoms with Crippen LogP contribution in [0, 0.1) is 23.4 Å². The second kappa shape index (κ2) is 8.23. The number of anilines is 1. The minimum Gasteiger partial charge on any atom is -0.298 e. The van der Waals surface area contributed by atoms with Crippen molar-refractivity contribution >= 4 is 11.6 Å². The third kappa shape index (κ3) is 4.35. The van der Waals surface area contributed by atoms with Crippen LogP contribution in [-0.2, 0) is 11.3 Å². The number of carbonyl (C=O) groups is 1. The normalized spacial score (nSPS) is 17.7. The van der Waals surface area contributed by atoms with Crippen LogP contribution >= 0.6 is 0 Å². The van der Waals surface area contributed by atoms with E-state index in [1.807, 2.05) is 30.3 Å². The Morgan fingerprint density at radius 1 is 1.08 bits per heavy atom. The summed E-state index contributed by atoms with van der Waals surface area (Å²) in [5.74, 6) is -4.76. The number of hydrogen-bond acceptors (Lipinski definition) is 3. The van der Waals surface area contributed by atoms with Gasteiger partial charge in [0.15, 0.2) is 17.5 Å². The molecule has 1 atom stereocenters. The van der Waals surface area contributed by atoms with E-state index in [1.165, 1.54) is 5.56 Å². The SMILES string of the molecule is O=C(NNc1ccc(F)c(F)c1F)C1CCCN(Cc2ccccc2)C1. The lowest BCUT2D eigenvalue weighted by atomic mass is 9.97. The highest BCUT2D eigenvalue weighted by molar-refractivity contribution is 5.80. The first-order chi connectivity index (χ1) is 12.5. The Hall–Kier alpha value is -2.54. The molecule has 1 aliphatic heterocycles. The molecule has 4 nitrogen and oxygen atoms in total. The van der Waals surface area contributed by atoms with Gasteiger partial charge in [-0.25, -0.2) is 13.2 Å². The number of piperidine rings is 1. The smallest absolute Gasteiger partial charge is 0.242 e. The fourth-order valence-corrected chi connectivity index (χ4v) is 3.11. The molecule has 1 fully saturated rings. The summed E-state index contributed by atoms with van der Waals surface area (Å²) in [5, 5.41) is 0. The van der Waals surface area contributed by atoms with Crippen LogP contribution in [0.3, 0.4) is 0 Å². The number of nitrogens with zero attached hydrogens (tertiary/aromatic N) is 1. The quantitative estimate of drug-likeness (QED) is 0.632. The van der Waals surface area contributed by atoms with Crippen LogP contribution < -0.4 is 10.9 Å². The standard InChI is InChI=1S/C19H20F3N3O/c20-15-8-9-16(18(22)17(15)21)23-24-19(26)14-7-4-10-25(12-14)11-13-5-2-1-3-6-13/h1-3,5-6,8-9,14,23H,4,7,10-12H2,(H,24,26). The molecule has 2 aromatic carbocycles. The Morgan fingerprint density at radius 3 is 2.62 bits per heavy atom. The average Bonchev–Trinajstić information content (AvgIpc) is 2.66. The van der Waals surface area contributed by atoms with Crippen LogP contribution in [0.5, 0.6) is 0 Å². The third-order valence-electron chi connectivity index (χ3n) is 4.48. The van der Waals surface area contributed by atoms with Crippen molar-refractivity contribution in [3.63, 3.8) is 0 Å². The van der Waals surface area contributed by atoms with Gasteiger partial charge in [0.1, 0.15) is 0 Å². The predicted molar refractivity (Wildman–Crippen MR) is 92.5 cm³/mol. The zero-order chi connectivity index (χ0) is 18.5. The number of rotatable bonds is 5. The Morgan fingerprint density at radius 2 is 1.85 bits per heavy atom. The maximum absolute atomic E-state index is 13.6. The van der Waals surface area contributed by atoms with Crippen LogP contribution in [0.15, 0.2) is 42.5 Å². The van der Waals surface area contributed by atoms with Crippen LogP contribution in [0.25, 0.3) is 0 Å². The lowest BCUT2D eigenvalue weighted by Gasteiger charge is -2.32.